The molecule has 2 aromatic carbocycles. The first kappa shape index (κ1) is 20.4. The van der Waals surface area contributed by atoms with Crippen LogP contribution in [-0.4, -0.2) is 9.97 Å². The van der Waals surface area contributed by atoms with Crippen LogP contribution in [0.25, 0.3) is 33.2 Å². The summed E-state index contributed by atoms with van der Waals surface area (Å²) in [6, 6.07) is 23.2. The van der Waals surface area contributed by atoms with Crippen LogP contribution in [0.1, 0.15) is 56.1 Å². The smallest absolute Gasteiger partial charge is 0.139 e. The number of benzene rings is 2. The molecule has 3 heterocycles. The highest BCUT2D eigenvalue weighted by Gasteiger charge is 2.29. The van der Waals surface area contributed by atoms with Crippen molar-refractivity contribution in [2.24, 2.45) is 0 Å². The Kier molecular flexibility index (Phi) is 4.85. The standard InChI is InChI=1S/C29H28N2O/c1-18(2)20-13-14-30-24(17-20)21-11-12-25-23(16-21)27-26(32-25)15-19(3)31-28(27)29(4,5)22-9-7-6-8-10-22/h6-18H,1-5H3. The van der Waals surface area contributed by atoms with Crippen LogP contribution in [0.4, 0.5) is 0 Å². The fraction of sp³-hybridized carbons (Fsp3) is 0.241. The van der Waals surface area contributed by atoms with Crippen molar-refractivity contribution in [3.63, 3.8) is 0 Å². The summed E-state index contributed by atoms with van der Waals surface area (Å²) < 4.78 is 6.30. The lowest BCUT2D eigenvalue weighted by Crippen LogP contribution is -2.21. The summed E-state index contributed by atoms with van der Waals surface area (Å²) in [5, 5.41) is 2.17. The molecule has 0 aliphatic rings. The van der Waals surface area contributed by atoms with Gasteiger partial charge in [-0.05, 0) is 54.3 Å². The van der Waals surface area contributed by atoms with Crippen LogP contribution in [0.5, 0.6) is 0 Å². The number of aryl methyl sites for hydroxylation is 1. The maximum atomic E-state index is 6.30. The van der Waals surface area contributed by atoms with Gasteiger partial charge >= 0.3 is 0 Å². The summed E-state index contributed by atoms with van der Waals surface area (Å²) >= 11 is 0. The zero-order valence-corrected chi connectivity index (χ0v) is 19.3. The fourth-order valence-corrected chi connectivity index (χ4v) is 4.48. The summed E-state index contributed by atoms with van der Waals surface area (Å²) in [5.41, 5.74) is 8.08. The van der Waals surface area contributed by atoms with Crippen LogP contribution in [0.2, 0.25) is 0 Å². The largest absolute Gasteiger partial charge is 0.456 e. The predicted octanol–water partition coefficient (Wildman–Crippen LogP) is 7.80. The van der Waals surface area contributed by atoms with Crippen molar-refractivity contribution >= 4 is 21.9 Å². The van der Waals surface area contributed by atoms with Crippen LogP contribution in [0.15, 0.2) is 77.3 Å². The normalized spacial score (nSPS) is 12.2. The number of hydrogen-bond acceptors (Lipinski definition) is 3. The molecule has 32 heavy (non-hydrogen) atoms. The molecule has 0 saturated carbocycles. The second-order valence-corrected chi connectivity index (χ2v) is 9.42. The highest BCUT2D eigenvalue weighted by atomic mass is 16.3. The van der Waals surface area contributed by atoms with Crippen molar-refractivity contribution in [2.75, 3.05) is 0 Å². The Morgan fingerprint density at radius 1 is 0.875 bits per heavy atom. The average molecular weight is 421 g/mol. The Morgan fingerprint density at radius 3 is 2.41 bits per heavy atom. The second-order valence-electron chi connectivity index (χ2n) is 9.42. The quantitative estimate of drug-likeness (QED) is 0.298. The van der Waals surface area contributed by atoms with E-state index < -0.39 is 0 Å². The maximum absolute atomic E-state index is 6.30. The van der Waals surface area contributed by atoms with Gasteiger partial charge < -0.3 is 4.42 Å². The van der Waals surface area contributed by atoms with E-state index in [0.717, 1.165) is 44.6 Å². The highest BCUT2D eigenvalue weighted by Crippen LogP contribution is 2.40. The van der Waals surface area contributed by atoms with Gasteiger partial charge in [0.25, 0.3) is 0 Å². The molecule has 160 valence electrons. The molecule has 0 fully saturated rings. The predicted molar refractivity (Wildman–Crippen MR) is 132 cm³/mol. The third-order valence-corrected chi connectivity index (χ3v) is 6.41. The van der Waals surface area contributed by atoms with E-state index in [1.807, 2.05) is 19.2 Å². The molecule has 3 heteroatoms. The van der Waals surface area contributed by atoms with Crippen molar-refractivity contribution in [2.45, 2.75) is 46.0 Å². The number of rotatable bonds is 4. The summed E-state index contributed by atoms with van der Waals surface area (Å²) in [4.78, 5) is 9.69. The van der Waals surface area contributed by atoms with Crippen LogP contribution < -0.4 is 0 Å². The van der Waals surface area contributed by atoms with E-state index in [-0.39, 0.29) is 5.41 Å². The number of nitrogens with zero attached hydrogens (tertiary/aromatic N) is 2. The number of furan rings is 1. The third kappa shape index (κ3) is 3.38. The van der Waals surface area contributed by atoms with Crippen molar-refractivity contribution in [3.8, 4) is 11.3 Å². The number of pyridine rings is 2. The van der Waals surface area contributed by atoms with Gasteiger partial charge in [0.05, 0.1) is 16.8 Å². The molecule has 0 aliphatic heterocycles. The van der Waals surface area contributed by atoms with Crippen molar-refractivity contribution < 1.29 is 4.42 Å². The Labute approximate surface area is 189 Å². The first-order valence-corrected chi connectivity index (χ1v) is 11.2. The Morgan fingerprint density at radius 2 is 1.66 bits per heavy atom. The summed E-state index contributed by atoms with van der Waals surface area (Å²) in [5.74, 6) is 0.459. The van der Waals surface area contributed by atoms with E-state index >= 15 is 0 Å². The van der Waals surface area contributed by atoms with Crippen molar-refractivity contribution in [1.82, 2.24) is 9.97 Å². The van der Waals surface area contributed by atoms with Gasteiger partial charge in [0.1, 0.15) is 11.2 Å². The van der Waals surface area contributed by atoms with E-state index in [1.165, 1.54) is 11.1 Å². The molecule has 0 atom stereocenters. The van der Waals surface area contributed by atoms with Gasteiger partial charge in [-0.25, -0.2) is 0 Å². The summed E-state index contributed by atoms with van der Waals surface area (Å²) in [6.45, 7) is 10.9. The molecule has 0 bridgehead atoms. The molecular formula is C29H28N2O. The van der Waals surface area contributed by atoms with Crippen LogP contribution in [0.3, 0.4) is 0 Å². The summed E-state index contributed by atoms with van der Waals surface area (Å²) in [6.07, 6.45) is 1.90. The molecule has 0 unspecified atom stereocenters. The minimum Gasteiger partial charge on any atom is -0.456 e. The highest BCUT2D eigenvalue weighted by molar-refractivity contribution is 6.08. The van der Waals surface area contributed by atoms with Crippen LogP contribution in [-0.2, 0) is 5.41 Å². The molecule has 3 nitrogen and oxygen atoms in total. The third-order valence-electron chi connectivity index (χ3n) is 6.41. The number of hydrogen-bond donors (Lipinski definition) is 0. The molecule has 5 aromatic rings. The topological polar surface area (TPSA) is 38.9 Å². The summed E-state index contributed by atoms with van der Waals surface area (Å²) in [7, 11) is 0. The molecule has 0 amide bonds. The lowest BCUT2D eigenvalue weighted by molar-refractivity contribution is 0.618. The van der Waals surface area contributed by atoms with E-state index in [0.29, 0.717) is 5.92 Å². The molecule has 5 rings (SSSR count). The second kappa shape index (κ2) is 7.59. The number of aromatic nitrogens is 2. The zero-order chi connectivity index (χ0) is 22.5. The van der Waals surface area contributed by atoms with Gasteiger partial charge in [-0.15, -0.1) is 0 Å². The molecule has 0 saturated heterocycles. The average Bonchev–Trinajstić information content (AvgIpc) is 3.16. The van der Waals surface area contributed by atoms with E-state index in [4.69, 9.17) is 9.40 Å². The van der Waals surface area contributed by atoms with Crippen LogP contribution >= 0.6 is 0 Å². The molecule has 3 aromatic heterocycles. The molecular weight excluding hydrogens is 392 g/mol. The fourth-order valence-electron chi connectivity index (χ4n) is 4.48. The van der Waals surface area contributed by atoms with Gasteiger partial charge in [-0.2, -0.15) is 0 Å². The zero-order valence-electron chi connectivity index (χ0n) is 19.3. The van der Waals surface area contributed by atoms with E-state index in [1.54, 1.807) is 0 Å². The molecule has 0 N–H and O–H groups in total. The van der Waals surface area contributed by atoms with Gasteiger partial charge in [0.2, 0.25) is 0 Å². The Bertz CT molecular complexity index is 1430. The molecule has 0 radical (unpaired) electrons. The van der Waals surface area contributed by atoms with Gasteiger partial charge in [0, 0.05) is 34.3 Å². The van der Waals surface area contributed by atoms with Crippen molar-refractivity contribution in [3.05, 3.63) is 95.4 Å². The van der Waals surface area contributed by atoms with E-state index in [2.05, 4.69) is 93.3 Å². The minimum atomic E-state index is -0.270. The van der Waals surface area contributed by atoms with Gasteiger partial charge in [0.15, 0.2) is 0 Å². The first-order valence-electron chi connectivity index (χ1n) is 11.2. The van der Waals surface area contributed by atoms with E-state index in [9.17, 15) is 0 Å². The van der Waals surface area contributed by atoms with Gasteiger partial charge in [-0.1, -0.05) is 58.0 Å². The monoisotopic (exact) mass is 420 g/mol. The number of fused-ring (bicyclic) bond motifs is 3. The molecule has 0 aliphatic carbocycles. The SMILES string of the molecule is Cc1cc2oc3ccc(-c4cc(C(C)C)ccn4)cc3c2c(C(C)(C)c2ccccc2)n1. The lowest BCUT2D eigenvalue weighted by Gasteiger charge is -2.26. The Balaban J connectivity index is 1.77. The Hall–Kier alpha value is -3.46. The van der Waals surface area contributed by atoms with Crippen LogP contribution in [0, 0.1) is 6.92 Å². The minimum absolute atomic E-state index is 0.270. The maximum Gasteiger partial charge on any atom is 0.139 e. The molecule has 0 spiro atoms. The van der Waals surface area contributed by atoms with Gasteiger partial charge in [-0.3, -0.25) is 9.97 Å². The first-order chi connectivity index (χ1) is 15.3. The van der Waals surface area contributed by atoms with Crippen molar-refractivity contribution in [1.29, 1.82) is 0 Å². The lowest BCUT2D eigenvalue weighted by atomic mass is 9.79.